The number of aryl methyl sites for hydroxylation is 2. The first kappa shape index (κ1) is 25.2. The van der Waals surface area contributed by atoms with Gasteiger partial charge in [-0.05, 0) is 77.6 Å². The summed E-state index contributed by atoms with van der Waals surface area (Å²) in [4.78, 5) is 9.57. The second-order valence-electron chi connectivity index (χ2n) is 10.0. The third kappa shape index (κ3) is 5.18. The summed E-state index contributed by atoms with van der Waals surface area (Å²) < 4.78 is 0. The minimum Gasteiger partial charge on any atom is -0.507 e. The van der Waals surface area contributed by atoms with Crippen LogP contribution in [-0.4, -0.2) is 22.6 Å². The van der Waals surface area contributed by atoms with Crippen LogP contribution in [-0.2, 0) is 0 Å². The molecule has 0 saturated heterocycles. The molecule has 0 fully saturated rings. The van der Waals surface area contributed by atoms with Crippen LogP contribution in [0.2, 0.25) is 0 Å². The van der Waals surface area contributed by atoms with Crippen molar-refractivity contribution in [3.05, 3.63) is 94.0 Å². The van der Waals surface area contributed by atoms with Crippen LogP contribution in [0.3, 0.4) is 0 Å². The lowest BCUT2D eigenvalue weighted by molar-refractivity contribution is 0.469. The van der Waals surface area contributed by atoms with Crippen LogP contribution in [0.25, 0.3) is 10.8 Å². The molecule has 0 unspecified atom stereocenters. The Morgan fingerprint density at radius 1 is 0.639 bits per heavy atom. The molecule has 4 aromatic carbocycles. The third-order valence-electron chi connectivity index (χ3n) is 6.58. The van der Waals surface area contributed by atoms with Gasteiger partial charge in [0, 0.05) is 28.9 Å². The van der Waals surface area contributed by atoms with Gasteiger partial charge in [0.1, 0.15) is 11.5 Å². The fraction of sp³-hybridized carbons (Fsp3) is 0.250. The Morgan fingerprint density at radius 2 is 1.06 bits per heavy atom. The second kappa shape index (κ2) is 10.4. The molecule has 0 amide bonds. The maximum absolute atomic E-state index is 10.6. The Kier molecular flexibility index (Phi) is 7.25. The Morgan fingerprint density at radius 3 is 1.44 bits per heavy atom. The molecule has 36 heavy (non-hydrogen) atoms. The number of benzene rings is 4. The van der Waals surface area contributed by atoms with Crippen LogP contribution in [0.5, 0.6) is 11.5 Å². The van der Waals surface area contributed by atoms with Gasteiger partial charge in [-0.15, -0.1) is 0 Å². The summed E-state index contributed by atoms with van der Waals surface area (Å²) >= 11 is 0. The molecular formula is C32H34N2O2. The standard InChI is InChI=1S/C32H34N2O2/c1-19(2)24-13-21(5)31(35)26(15-24)17-33-28-11-7-9-23-10-8-12-29(30(23)28)34-18-27-16-25(20(3)4)14-22(6)32(27)36/h7-20,35-36H,1-6H3. The number of phenolic OH excluding ortho intramolecular Hbond substituents is 2. The van der Waals surface area contributed by atoms with E-state index in [1.807, 2.05) is 74.5 Å². The van der Waals surface area contributed by atoms with Gasteiger partial charge in [-0.3, -0.25) is 9.98 Å². The fourth-order valence-corrected chi connectivity index (χ4v) is 4.33. The average molecular weight is 479 g/mol. The minimum atomic E-state index is 0.248. The van der Waals surface area contributed by atoms with E-state index in [0.29, 0.717) is 23.0 Å². The summed E-state index contributed by atoms with van der Waals surface area (Å²) in [5.41, 5.74) is 6.92. The molecule has 2 N–H and O–H groups in total. The smallest absolute Gasteiger partial charge is 0.127 e. The zero-order chi connectivity index (χ0) is 26.0. The van der Waals surface area contributed by atoms with E-state index in [-0.39, 0.29) is 11.5 Å². The first-order valence-corrected chi connectivity index (χ1v) is 12.4. The molecule has 4 rings (SSSR count). The highest BCUT2D eigenvalue weighted by Crippen LogP contribution is 2.35. The maximum atomic E-state index is 10.6. The first-order chi connectivity index (χ1) is 17.2. The summed E-state index contributed by atoms with van der Waals surface area (Å²) in [7, 11) is 0. The van der Waals surface area contributed by atoms with Crippen LogP contribution in [0, 0.1) is 13.8 Å². The van der Waals surface area contributed by atoms with Crippen molar-refractivity contribution in [3.8, 4) is 11.5 Å². The molecule has 4 heteroatoms. The first-order valence-electron chi connectivity index (χ1n) is 12.4. The van der Waals surface area contributed by atoms with E-state index < -0.39 is 0 Å². The van der Waals surface area contributed by atoms with Crippen LogP contribution < -0.4 is 0 Å². The Hall–Kier alpha value is -3.92. The molecule has 4 nitrogen and oxygen atoms in total. The van der Waals surface area contributed by atoms with Crippen LogP contribution in [0.4, 0.5) is 11.4 Å². The van der Waals surface area contributed by atoms with E-state index in [9.17, 15) is 10.2 Å². The van der Waals surface area contributed by atoms with Crippen molar-refractivity contribution in [1.82, 2.24) is 0 Å². The van der Waals surface area contributed by atoms with Crippen molar-refractivity contribution in [2.24, 2.45) is 9.98 Å². The molecule has 0 bridgehead atoms. The van der Waals surface area contributed by atoms with E-state index in [1.165, 1.54) is 0 Å². The average Bonchev–Trinajstić information content (AvgIpc) is 2.85. The normalized spacial score (nSPS) is 12.1. The minimum absolute atomic E-state index is 0.248. The van der Waals surface area contributed by atoms with E-state index >= 15 is 0 Å². The van der Waals surface area contributed by atoms with Gasteiger partial charge in [0.15, 0.2) is 0 Å². The lowest BCUT2D eigenvalue weighted by Gasteiger charge is -2.11. The number of nitrogens with zero attached hydrogens (tertiary/aromatic N) is 2. The molecule has 0 atom stereocenters. The van der Waals surface area contributed by atoms with E-state index in [0.717, 1.165) is 44.4 Å². The van der Waals surface area contributed by atoms with Gasteiger partial charge in [0.05, 0.1) is 11.4 Å². The molecule has 0 aliphatic heterocycles. The van der Waals surface area contributed by atoms with Crippen molar-refractivity contribution in [3.63, 3.8) is 0 Å². The highest BCUT2D eigenvalue weighted by molar-refractivity contribution is 6.04. The van der Waals surface area contributed by atoms with Crippen molar-refractivity contribution in [2.45, 2.75) is 53.4 Å². The van der Waals surface area contributed by atoms with Gasteiger partial charge in [0.2, 0.25) is 0 Å². The van der Waals surface area contributed by atoms with Gasteiger partial charge >= 0.3 is 0 Å². The second-order valence-corrected chi connectivity index (χ2v) is 10.0. The molecule has 0 spiro atoms. The summed E-state index contributed by atoms with van der Waals surface area (Å²) in [6.07, 6.45) is 3.45. The molecule has 0 aliphatic carbocycles. The van der Waals surface area contributed by atoms with E-state index in [1.54, 1.807) is 12.4 Å². The fourth-order valence-electron chi connectivity index (χ4n) is 4.33. The summed E-state index contributed by atoms with van der Waals surface area (Å²) in [5.74, 6) is 1.20. The van der Waals surface area contributed by atoms with E-state index in [2.05, 4.69) is 27.7 Å². The van der Waals surface area contributed by atoms with Crippen LogP contribution in [0.15, 0.2) is 70.6 Å². The van der Waals surface area contributed by atoms with E-state index in [4.69, 9.17) is 9.98 Å². The third-order valence-corrected chi connectivity index (χ3v) is 6.58. The van der Waals surface area contributed by atoms with Gasteiger partial charge in [0.25, 0.3) is 0 Å². The van der Waals surface area contributed by atoms with Crippen LogP contribution >= 0.6 is 0 Å². The van der Waals surface area contributed by atoms with Gasteiger partial charge < -0.3 is 10.2 Å². The zero-order valence-corrected chi connectivity index (χ0v) is 21.9. The van der Waals surface area contributed by atoms with Gasteiger partial charge in [-0.1, -0.05) is 64.1 Å². The van der Waals surface area contributed by atoms with Gasteiger partial charge in [-0.2, -0.15) is 0 Å². The zero-order valence-electron chi connectivity index (χ0n) is 21.9. The SMILES string of the molecule is Cc1cc(C(C)C)cc(C=Nc2cccc3cccc(N=Cc4cc(C(C)C)cc(C)c4O)c23)c1O. The number of rotatable bonds is 6. The Bertz CT molecular complexity index is 1370. The maximum Gasteiger partial charge on any atom is 0.127 e. The predicted molar refractivity (Wildman–Crippen MR) is 152 cm³/mol. The lowest BCUT2D eigenvalue weighted by Crippen LogP contribution is -1.94. The summed E-state index contributed by atoms with van der Waals surface area (Å²) in [5, 5.41) is 23.2. The van der Waals surface area contributed by atoms with Gasteiger partial charge in [-0.25, -0.2) is 0 Å². The van der Waals surface area contributed by atoms with Crippen LogP contribution in [0.1, 0.15) is 72.9 Å². The number of fused-ring (bicyclic) bond motifs is 1. The Balaban J connectivity index is 1.79. The number of aliphatic imine (C=N–C) groups is 2. The number of aromatic hydroxyl groups is 2. The van der Waals surface area contributed by atoms with Crippen molar-refractivity contribution in [1.29, 1.82) is 0 Å². The topological polar surface area (TPSA) is 65.2 Å². The number of phenols is 2. The largest absolute Gasteiger partial charge is 0.507 e. The summed E-state index contributed by atoms with van der Waals surface area (Å²) in [6, 6.07) is 20.0. The molecule has 0 saturated carbocycles. The highest BCUT2D eigenvalue weighted by atomic mass is 16.3. The molecule has 0 aromatic heterocycles. The van der Waals surface area contributed by atoms with Crippen molar-refractivity contribution >= 4 is 34.6 Å². The molecule has 0 radical (unpaired) electrons. The monoisotopic (exact) mass is 478 g/mol. The number of hydrogen-bond donors (Lipinski definition) is 2. The molecule has 0 heterocycles. The predicted octanol–water partition coefficient (Wildman–Crippen LogP) is 8.62. The van der Waals surface area contributed by atoms with Crippen molar-refractivity contribution < 1.29 is 10.2 Å². The summed E-state index contributed by atoms with van der Waals surface area (Å²) in [6.45, 7) is 12.4. The molecule has 0 aliphatic rings. The lowest BCUT2D eigenvalue weighted by atomic mass is 9.97. The van der Waals surface area contributed by atoms with Crippen molar-refractivity contribution in [2.75, 3.05) is 0 Å². The quantitative estimate of drug-likeness (QED) is 0.272. The molecule has 4 aromatic rings. The molecular weight excluding hydrogens is 444 g/mol. The number of hydrogen-bond acceptors (Lipinski definition) is 4. The highest BCUT2D eigenvalue weighted by Gasteiger charge is 2.11. The Labute approximate surface area is 213 Å². The molecule has 184 valence electrons.